The number of hydrogen-bond acceptors (Lipinski definition) is 2. The van der Waals surface area contributed by atoms with Crippen LogP contribution in [0.25, 0.3) is 11.1 Å². The van der Waals surface area contributed by atoms with Gasteiger partial charge in [-0.2, -0.15) is 0 Å². The third kappa shape index (κ3) is 4.67. The first kappa shape index (κ1) is 16.7. The summed E-state index contributed by atoms with van der Waals surface area (Å²) < 4.78 is 36.8. The van der Waals surface area contributed by atoms with Crippen LogP contribution in [0.4, 0.5) is 4.39 Å². The van der Waals surface area contributed by atoms with Crippen LogP contribution in [0.1, 0.15) is 25.0 Å². The van der Waals surface area contributed by atoms with Crippen molar-refractivity contribution in [1.82, 2.24) is 0 Å². The highest BCUT2D eigenvalue weighted by Crippen LogP contribution is 2.25. The van der Waals surface area contributed by atoms with E-state index in [1.54, 1.807) is 12.1 Å². The zero-order valence-electron chi connectivity index (χ0n) is 13.1. The van der Waals surface area contributed by atoms with Crippen molar-refractivity contribution in [2.45, 2.75) is 26.0 Å². The lowest BCUT2D eigenvalue weighted by atomic mass is 9.98. The molecule has 0 saturated carbocycles. The van der Waals surface area contributed by atoms with Crippen LogP contribution in [0.3, 0.4) is 0 Å². The fourth-order valence-electron chi connectivity index (χ4n) is 2.48. The van der Waals surface area contributed by atoms with Gasteiger partial charge in [0.05, 0.1) is 5.75 Å². The molecule has 0 amide bonds. The molecule has 2 aromatic carbocycles. The van der Waals surface area contributed by atoms with Crippen molar-refractivity contribution >= 4 is 9.84 Å². The second-order valence-corrected chi connectivity index (χ2v) is 8.32. The topological polar surface area (TPSA) is 34.1 Å². The molecule has 0 aliphatic heterocycles. The third-order valence-corrected chi connectivity index (χ3v) is 4.23. The summed E-state index contributed by atoms with van der Waals surface area (Å²) in [5.74, 6) is 0.0490. The highest BCUT2D eigenvalue weighted by atomic mass is 32.2. The van der Waals surface area contributed by atoms with Crippen molar-refractivity contribution in [1.29, 1.82) is 0 Å². The van der Waals surface area contributed by atoms with Crippen LogP contribution in [-0.2, 0) is 22.0 Å². The van der Waals surface area contributed by atoms with Gasteiger partial charge in [-0.05, 0) is 35.1 Å². The maximum Gasteiger partial charge on any atom is 0.151 e. The number of hydrogen-bond donors (Lipinski definition) is 0. The average Bonchev–Trinajstić information content (AvgIpc) is 2.37. The monoisotopic (exact) mass is 320 g/mol. The Bertz CT molecular complexity index is 747. The van der Waals surface area contributed by atoms with E-state index in [0.717, 1.165) is 18.2 Å². The predicted molar refractivity (Wildman–Crippen MR) is 88.9 cm³/mol. The van der Waals surface area contributed by atoms with E-state index in [9.17, 15) is 12.8 Å². The van der Waals surface area contributed by atoms with Gasteiger partial charge in [-0.1, -0.05) is 50.2 Å². The van der Waals surface area contributed by atoms with Gasteiger partial charge in [0, 0.05) is 11.8 Å². The normalized spacial score (nSPS) is 11.9. The molecule has 118 valence electrons. The summed E-state index contributed by atoms with van der Waals surface area (Å²) in [5, 5.41) is 0. The first-order valence-electron chi connectivity index (χ1n) is 7.30. The average molecular weight is 320 g/mol. The smallest absolute Gasteiger partial charge is 0.151 e. The Hall–Kier alpha value is -1.68. The van der Waals surface area contributed by atoms with Crippen molar-refractivity contribution in [3.63, 3.8) is 0 Å². The molecule has 0 saturated heterocycles. The van der Waals surface area contributed by atoms with Crippen LogP contribution in [0.15, 0.2) is 42.5 Å². The third-order valence-electron chi connectivity index (χ3n) is 3.37. The second kappa shape index (κ2) is 6.61. The molecule has 0 heterocycles. The molecule has 0 atom stereocenters. The highest BCUT2D eigenvalue weighted by molar-refractivity contribution is 7.89. The van der Waals surface area contributed by atoms with Gasteiger partial charge in [-0.15, -0.1) is 0 Å². The van der Waals surface area contributed by atoms with Gasteiger partial charge in [-0.3, -0.25) is 0 Å². The van der Waals surface area contributed by atoms with Crippen molar-refractivity contribution in [3.05, 3.63) is 59.4 Å². The van der Waals surface area contributed by atoms with Gasteiger partial charge in [0.25, 0.3) is 0 Å². The predicted octanol–water partition coefficient (Wildman–Crippen LogP) is 4.24. The van der Waals surface area contributed by atoms with E-state index in [1.165, 1.54) is 11.6 Å². The minimum atomic E-state index is -3.16. The molecule has 2 aromatic rings. The van der Waals surface area contributed by atoms with Gasteiger partial charge in [0.15, 0.2) is 9.84 Å². The number of halogens is 1. The van der Waals surface area contributed by atoms with Gasteiger partial charge in [0.1, 0.15) is 5.82 Å². The first-order chi connectivity index (χ1) is 10.2. The van der Waals surface area contributed by atoms with Gasteiger partial charge >= 0.3 is 0 Å². The summed E-state index contributed by atoms with van der Waals surface area (Å²) in [6.07, 6.45) is 2.14. The summed E-state index contributed by atoms with van der Waals surface area (Å²) in [5.41, 5.74) is 3.00. The van der Waals surface area contributed by atoms with Gasteiger partial charge < -0.3 is 0 Å². The van der Waals surface area contributed by atoms with E-state index in [0.29, 0.717) is 17.0 Å². The molecule has 0 fully saturated rings. The fraction of sp³-hybridized carbons (Fsp3) is 0.333. The summed E-state index contributed by atoms with van der Waals surface area (Å²) >= 11 is 0. The van der Waals surface area contributed by atoms with E-state index >= 15 is 0 Å². The summed E-state index contributed by atoms with van der Waals surface area (Å²) in [7, 11) is -3.16. The largest absolute Gasteiger partial charge is 0.229 e. The van der Waals surface area contributed by atoms with Crippen LogP contribution >= 0.6 is 0 Å². The summed E-state index contributed by atoms with van der Waals surface area (Å²) in [6, 6.07) is 12.5. The van der Waals surface area contributed by atoms with E-state index in [2.05, 4.69) is 13.8 Å². The molecule has 0 N–H and O–H groups in total. The Morgan fingerprint density at radius 1 is 1.00 bits per heavy atom. The van der Waals surface area contributed by atoms with E-state index in [-0.39, 0.29) is 5.75 Å². The zero-order chi connectivity index (χ0) is 16.3. The standard InChI is InChI=1S/C18H21FO2S/c1-13(2)10-14-4-7-16(8-5-14)17-9-6-15(11-18(17)19)12-22(3,20)21/h4-9,11,13H,10,12H2,1-3H3. The maximum absolute atomic E-state index is 14.2. The Balaban J connectivity index is 2.25. The van der Waals surface area contributed by atoms with Gasteiger partial charge in [0.2, 0.25) is 0 Å². The molecule has 0 aliphatic rings. The molecule has 0 unspecified atom stereocenters. The second-order valence-electron chi connectivity index (χ2n) is 6.18. The quantitative estimate of drug-likeness (QED) is 0.826. The maximum atomic E-state index is 14.2. The highest BCUT2D eigenvalue weighted by Gasteiger charge is 2.10. The van der Waals surface area contributed by atoms with E-state index < -0.39 is 15.7 Å². The lowest BCUT2D eigenvalue weighted by Crippen LogP contribution is -2.01. The molecule has 0 aliphatic carbocycles. The molecular formula is C18H21FO2S. The number of benzene rings is 2. The van der Waals surface area contributed by atoms with Crippen molar-refractivity contribution < 1.29 is 12.8 Å². The van der Waals surface area contributed by atoms with E-state index in [4.69, 9.17) is 0 Å². The molecule has 22 heavy (non-hydrogen) atoms. The van der Waals surface area contributed by atoms with Crippen LogP contribution in [0, 0.1) is 11.7 Å². The SMILES string of the molecule is CC(C)Cc1ccc(-c2ccc(CS(C)(=O)=O)cc2F)cc1. The Morgan fingerprint density at radius 2 is 1.59 bits per heavy atom. The summed E-state index contributed by atoms with van der Waals surface area (Å²) in [6.45, 7) is 4.32. The van der Waals surface area contributed by atoms with Crippen LogP contribution in [0.2, 0.25) is 0 Å². The molecule has 0 spiro atoms. The fourth-order valence-corrected chi connectivity index (χ4v) is 3.26. The Labute approximate surface area is 131 Å². The minimum Gasteiger partial charge on any atom is -0.229 e. The molecule has 4 heteroatoms. The van der Waals surface area contributed by atoms with Crippen molar-refractivity contribution in [2.24, 2.45) is 5.92 Å². The minimum absolute atomic E-state index is 0.141. The summed E-state index contributed by atoms with van der Waals surface area (Å²) in [4.78, 5) is 0. The number of rotatable bonds is 5. The van der Waals surface area contributed by atoms with E-state index in [1.807, 2.05) is 24.3 Å². The van der Waals surface area contributed by atoms with Gasteiger partial charge in [-0.25, -0.2) is 12.8 Å². The Morgan fingerprint density at radius 3 is 2.09 bits per heavy atom. The molecule has 2 rings (SSSR count). The molecular weight excluding hydrogens is 299 g/mol. The van der Waals surface area contributed by atoms with Crippen molar-refractivity contribution in [3.8, 4) is 11.1 Å². The Kier molecular flexibility index (Phi) is 5.01. The molecule has 0 radical (unpaired) electrons. The van der Waals surface area contributed by atoms with Crippen LogP contribution in [-0.4, -0.2) is 14.7 Å². The lowest BCUT2D eigenvalue weighted by molar-refractivity contribution is 0.600. The van der Waals surface area contributed by atoms with Crippen molar-refractivity contribution in [2.75, 3.05) is 6.26 Å². The zero-order valence-corrected chi connectivity index (χ0v) is 14.0. The molecule has 0 aromatic heterocycles. The van der Waals surface area contributed by atoms with Crippen LogP contribution < -0.4 is 0 Å². The van der Waals surface area contributed by atoms with Crippen LogP contribution in [0.5, 0.6) is 0 Å². The number of sulfone groups is 1. The first-order valence-corrected chi connectivity index (χ1v) is 9.36. The molecule has 2 nitrogen and oxygen atoms in total. The lowest BCUT2D eigenvalue weighted by Gasteiger charge is -2.09. The molecule has 0 bridgehead atoms.